The lowest BCUT2D eigenvalue weighted by Gasteiger charge is -2.17. The summed E-state index contributed by atoms with van der Waals surface area (Å²) in [5.41, 5.74) is -0.0206. The van der Waals surface area contributed by atoms with Gasteiger partial charge < -0.3 is 15.2 Å². The Morgan fingerprint density at radius 1 is 1.33 bits per heavy atom. The number of nitrogens with one attached hydrogen (secondary N) is 1. The van der Waals surface area contributed by atoms with Crippen LogP contribution in [0.1, 0.15) is 23.7 Å². The number of hydrogen-bond donors (Lipinski definition) is 2. The maximum Gasteiger partial charge on any atom is 0.391 e. The molecule has 116 valence electrons. The minimum absolute atomic E-state index is 0.0206. The van der Waals surface area contributed by atoms with Gasteiger partial charge in [-0.25, -0.2) is 4.79 Å². The van der Waals surface area contributed by atoms with Crippen molar-refractivity contribution < 1.29 is 32.6 Å². The SMILES string of the molecule is CCOc1ccccc1C(=O)NC(CC(F)(F)F)C(=O)O. The lowest BCUT2D eigenvalue weighted by molar-refractivity contribution is -0.157. The quantitative estimate of drug-likeness (QED) is 0.845. The molecule has 1 atom stereocenters. The first-order valence-corrected chi connectivity index (χ1v) is 6.07. The van der Waals surface area contributed by atoms with Crippen molar-refractivity contribution in [1.29, 1.82) is 0 Å². The monoisotopic (exact) mass is 305 g/mol. The average Bonchev–Trinajstić information content (AvgIpc) is 2.37. The van der Waals surface area contributed by atoms with E-state index in [0.717, 1.165) is 0 Å². The van der Waals surface area contributed by atoms with E-state index in [-0.39, 0.29) is 17.9 Å². The Hall–Kier alpha value is -2.25. The molecule has 1 rings (SSSR count). The van der Waals surface area contributed by atoms with Gasteiger partial charge >= 0.3 is 12.1 Å². The second kappa shape index (κ2) is 6.96. The summed E-state index contributed by atoms with van der Waals surface area (Å²) >= 11 is 0. The van der Waals surface area contributed by atoms with Gasteiger partial charge in [-0.15, -0.1) is 0 Å². The van der Waals surface area contributed by atoms with Crippen molar-refractivity contribution in [3.8, 4) is 5.75 Å². The molecule has 0 aromatic heterocycles. The van der Waals surface area contributed by atoms with Crippen molar-refractivity contribution >= 4 is 11.9 Å². The molecule has 0 radical (unpaired) electrons. The summed E-state index contributed by atoms with van der Waals surface area (Å²) in [4.78, 5) is 22.7. The second-order valence-electron chi connectivity index (χ2n) is 4.11. The van der Waals surface area contributed by atoms with Gasteiger partial charge in [-0.05, 0) is 19.1 Å². The normalized spacial score (nSPS) is 12.6. The van der Waals surface area contributed by atoms with Gasteiger partial charge in [0.2, 0.25) is 0 Å². The van der Waals surface area contributed by atoms with Gasteiger partial charge in [0.15, 0.2) is 0 Å². The van der Waals surface area contributed by atoms with Crippen LogP contribution in [0, 0.1) is 0 Å². The molecule has 1 aromatic rings. The van der Waals surface area contributed by atoms with Crippen LogP contribution in [0.5, 0.6) is 5.75 Å². The molecular weight excluding hydrogens is 291 g/mol. The fourth-order valence-electron chi connectivity index (χ4n) is 1.60. The summed E-state index contributed by atoms with van der Waals surface area (Å²) in [5, 5.41) is 10.6. The summed E-state index contributed by atoms with van der Waals surface area (Å²) in [5.74, 6) is -2.51. The molecule has 5 nitrogen and oxygen atoms in total. The van der Waals surface area contributed by atoms with Crippen molar-refractivity contribution in [3.05, 3.63) is 29.8 Å². The third-order valence-electron chi connectivity index (χ3n) is 2.47. The Bertz CT molecular complexity index is 516. The Kier molecular flexibility index (Phi) is 5.57. The maximum absolute atomic E-state index is 12.3. The van der Waals surface area contributed by atoms with Crippen LogP contribution in [0.15, 0.2) is 24.3 Å². The maximum atomic E-state index is 12.3. The number of hydrogen-bond acceptors (Lipinski definition) is 3. The first-order valence-electron chi connectivity index (χ1n) is 6.07. The van der Waals surface area contributed by atoms with E-state index in [2.05, 4.69) is 0 Å². The van der Waals surface area contributed by atoms with Crippen molar-refractivity contribution in [1.82, 2.24) is 5.32 Å². The molecule has 0 heterocycles. The molecular formula is C13H14F3NO4. The van der Waals surface area contributed by atoms with E-state index in [4.69, 9.17) is 9.84 Å². The Morgan fingerprint density at radius 3 is 2.48 bits per heavy atom. The minimum atomic E-state index is -4.70. The van der Waals surface area contributed by atoms with E-state index in [1.54, 1.807) is 13.0 Å². The van der Waals surface area contributed by atoms with Crippen molar-refractivity contribution in [2.24, 2.45) is 0 Å². The smallest absolute Gasteiger partial charge is 0.391 e. The lowest BCUT2D eigenvalue weighted by atomic mass is 10.1. The van der Waals surface area contributed by atoms with Gasteiger partial charge in [0, 0.05) is 0 Å². The number of ether oxygens (including phenoxy) is 1. The predicted octanol–water partition coefficient (Wildman–Crippen LogP) is 2.22. The predicted molar refractivity (Wildman–Crippen MR) is 67.2 cm³/mol. The van der Waals surface area contributed by atoms with Gasteiger partial charge in [-0.2, -0.15) is 13.2 Å². The zero-order valence-corrected chi connectivity index (χ0v) is 11.1. The lowest BCUT2D eigenvalue weighted by Crippen LogP contribution is -2.43. The first-order chi connectivity index (χ1) is 9.74. The van der Waals surface area contributed by atoms with E-state index >= 15 is 0 Å². The van der Waals surface area contributed by atoms with E-state index in [9.17, 15) is 22.8 Å². The van der Waals surface area contributed by atoms with Crippen LogP contribution in [-0.4, -0.2) is 35.8 Å². The molecule has 0 spiro atoms. The molecule has 0 aliphatic carbocycles. The molecule has 0 aliphatic rings. The summed E-state index contributed by atoms with van der Waals surface area (Å²) in [7, 11) is 0. The van der Waals surface area contributed by atoms with Crippen LogP contribution in [-0.2, 0) is 4.79 Å². The number of carbonyl (C=O) groups excluding carboxylic acids is 1. The number of aliphatic carboxylic acids is 1. The number of benzene rings is 1. The molecule has 0 bridgehead atoms. The molecule has 1 amide bonds. The van der Waals surface area contributed by atoms with Crippen molar-refractivity contribution in [2.45, 2.75) is 25.6 Å². The van der Waals surface area contributed by atoms with Crippen LogP contribution >= 0.6 is 0 Å². The Morgan fingerprint density at radius 2 is 1.95 bits per heavy atom. The van der Waals surface area contributed by atoms with Gasteiger partial charge in [-0.1, -0.05) is 12.1 Å². The number of para-hydroxylation sites is 1. The minimum Gasteiger partial charge on any atom is -0.493 e. The highest BCUT2D eigenvalue weighted by Gasteiger charge is 2.36. The van der Waals surface area contributed by atoms with Crippen LogP contribution in [0.25, 0.3) is 0 Å². The Labute approximate surface area is 118 Å². The average molecular weight is 305 g/mol. The second-order valence-corrected chi connectivity index (χ2v) is 4.11. The molecule has 0 fully saturated rings. The standard InChI is InChI=1S/C13H14F3NO4/c1-2-21-10-6-4-3-5-8(10)11(18)17-9(12(19)20)7-13(14,15)16/h3-6,9H,2,7H2,1H3,(H,17,18)(H,19,20). The molecule has 0 saturated carbocycles. The third kappa shape index (κ3) is 5.33. The summed E-state index contributed by atoms with van der Waals surface area (Å²) in [6.07, 6.45) is -6.35. The number of halogens is 3. The largest absolute Gasteiger partial charge is 0.493 e. The molecule has 1 aromatic carbocycles. The first kappa shape index (κ1) is 16.8. The zero-order valence-electron chi connectivity index (χ0n) is 11.1. The van der Waals surface area contributed by atoms with Crippen LogP contribution in [0.3, 0.4) is 0 Å². The molecule has 2 N–H and O–H groups in total. The fourth-order valence-corrected chi connectivity index (χ4v) is 1.60. The highest BCUT2D eigenvalue weighted by atomic mass is 19.4. The van der Waals surface area contributed by atoms with Crippen molar-refractivity contribution in [3.63, 3.8) is 0 Å². The van der Waals surface area contributed by atoms with E-state index < -0.39 is 30.5 Å². The molecule has 0 saturated heterocycles. The summed E-state index contributed by atoms with van der Waals surface area (Å²) < 4.78 is 42.0. The fraction of sp³-hybridized carbons (Fsp3) is 0.385. The summed E-state index contributed by atoms with van der Waals surface area (Å²) in [6.45, 7) is 1.94. The number of carbonyl (C=O) groups is 2. The third-order valence-corrected chi connectivity index (χ3v) is 2.47. The van der Waals surface area contributed by atoms with Gasteiger partial charge in [0.25, 0.3) is 5.91 Å². The summed E-state index contributed by atoms with van der Waals surface area (Å²) in [6, 6.07) is 3.85. The van der Waals surface area contributed by atoms with E-state index in [0.29, 0.717) is 0 Å². The van der Waals surface area contributed by atoms with Gasteiger partial charge in [0.05, 0.1) is 18.6 Å². The zero-order chi connectivity index (χ0) is 16.0. The van der Waals surface area contributed by atoms with E-state index in [1.807, 2.05) is 5.32 Å². The molecule has 0 aliphatic heterocycles. The molecule has 1 unspecified atom stereocenters. The highest BCUT2D eigenvalue weighted by molar-refractivity contribution is 5.98. The highest BCUT2D eigenvalue weighted by Crippen LogP contribution is 2.23. The van der Waals surface area contributed by atoms with Gasteiger partial charge in [-0.3, -0.25) is 4.79 Å². The Balaban J connectivity index is 2.90. The van der Waals surface area contributed by atoms with Crippen LogP contribution in [0.4, 0.5) is 13.2 Å². The number of alkyl halides is 3. The van der Waals surface area contributed by atoms with Gasteiger partial charge in [0.1, 0.15) is 11.8 Å². The molecule has 21 heavy (non-hydrogen) atoms. The number of rotatable bonds is 6. The van der Waals surface area contributed by atoms with Crippen LogP contribution < -0.4 is 10.1 Å². The van der Waals surface area contributed by atoms with E-state index in [1.165, 1.54) is 18.2 Å². The van der Waals surface area contributed by atoms with Crippen molar-refractivity contribution in [2.75, 3.05) is 6.61 Å². The number of carboxylic acid groups (broad SMARTS) is 1. The number of carboxylic acids is 1. The number of amides is 1. The topological polar surface area (TPSA) is 75.6 Å². The molecule has 8 heteroatoms. The van der Waals surface area contributed by atoms with Crippen LogP contribution in [0.2, 0.25) is 0 Å².